The predicted octanol–water partition coefficient (Wildman–Crippen LogP) is 2.79. The number of furan rings is 1. The zero-order valence-electron chi connectivity index (χ0n) is 10.9. The molecule has 100 valence electrons. The molecule has 2 rings (SSSR count). The number of amides is 1. The second kappa shape index (κ2) is 5.95. The van der Waals surface area contributed by atoms with E-state index in [1.165, 1.54) is 10.5 Å². The second-order valence-electron chi connectivity index (χ2n) is 4.27. The lowest BCUT2D eigenvalue weighted by atomic mass is 10.2. The number of hydrogen-bond donors (Lipinski definition) is 2. The molecule has 0 atom stereocenters. The minimum absolute atomic E-state index is 0.250. The van der Waals surface area contributed by atoms with Gasteiger partial charge in [0.1, 0.15) is 5.76 Å². The summed E-state index contributed by atoms with van der Waals surface area (Å²) in [6, 6.07) is 10.0. The van der Waals surface area contributed by atoms with Crippen molar-refractivity contribution < 1.29 is 9.21 Å². The van der Waals surface area contributed by atoms with Gasteiger partial charge < -0.3 is 4.42 Å². The zero-order valence-corrected chi connectivity index (χ0v) is 11.7. The van der Waals surface area contributed by atoms with Gasteiger partial charge in [-0.25, -0.2) is 5.84 Å². The monoisotopic (exact) mass is 276 g/mol. The van der Waals surface area contributed by atoms with E-state index in [4.69, 9.17) is 10.3 Å². The molecular formula is C14H16N2O2S. The molecule has 1 amide bonds. The molecule has 1 heterocycles. The number of nitrogens with one attached hydrogen (secondary N) is 1. The zero-order chi connectivity index (χ0) is 13.8. The van der Waals surface area contributed by atoms with Crippen molar-refractivity contribution in [2.24, 2.45) is 5.84 Å². The minimum atomic E-state index is -0.407. The summed E-state index contributed by atoms with van der Waals surface area (Å²) >= 11 is 1.71. The summed E-state index contributed by atoms with van der Waals surface area (Å²) in [5.74, 6) is 6.43. The van der Waals surface area contributed by atoms with Crippen molar-refractivity contribution in [2.45, 2.75) is 24.5 Å². The Hall–Kier alpha value is -1.72. The fourth-order valence-corrected chi connectivity index (χ4v) is 2.77. The van der Waals surface area contributed by atoms with Crippen LogP contribution in [0.15, 0.2) is 39.6 Å². The molecule has 3 N–H and O–H groups in total. The van der Waals surface area contributed by atoms with Crippen LogP contribution < -0.4 is 11.3 Å². The Morgan fingerprint density at radius 3 is 2.84 bits per heavy atom. The maximum Gasteiger partial charge on any atom is 0.300 e. The molecule has 0 radical (unpaired) electrons. The molecule has 4 nitrogen and oxygen atoms in total. The van der Waals surface area contributed by atoms with E-state index in [9.17, 15) is 4.79 Å². The number of nitrogens with two attached hydrogens (primary N) is 1. The molecule has 1 aromatic carbocycles. The summed E-state index contributed by atoms with van der Waals surface area (Å²) in [4.78, 5) is 12.6. The Kier molecular flexibility index (Phi) is 4.29. The normalized spacial score (nSPS) is 10.5. The number of carbonyl (C=O) groups is 1. The third-order valence-corrected chi connectivity index (χ3v) is 3.80. The highest BCUT2D eigenvalue weighted by atomic mass is 32.2. The third kappa shape index (κ3) is 3.39. The minimum Gasteiger partial charge on any atom is -0.456 e. The molecule has 0 aliphatic heterocycles. The topological polar surface area (TPSA) is 68.3 Å². The third-order valence-electron chi connectivity index (χ3n) is 2.76. The Bertz CT molecular complexity index is 593. The van der Waals surface area contributed by atoms with Crippen molar-refractivity contribution in [1.29, 1.82) is 0 Å². The fraction of sp³-hybridized carbons (Fsp3) is 0.214. The molecule has 0 bridgehead atoms. The van der Waals surface area contributed by atoms with Crippen molar-refractivity contribution in [1.82, 2.24) is 5.43 Å². The summed E-state index contributed by atoms with van der Waals surface area (Å²) in [6.07, 6.45) is 0. The van der Waals surface area contributed by atoms with E-state index >= 15 is 0 Å². The number of nitrogen functional groups attached to an aromatic ring is 1. The summed E-state index contributed by atoms with van der Waals surface area (Å²) in [5.41, 5.74) is 4.30. The Morgan fingerprint density at radius 2 is 2.16 bits per heavy atom. The number of hydrogen-bond acceptors (Lipinski definition) is 4. The molecule has 19 heavy (non-hydrogen) atoms. The van der Waals surface area contributed by atoms with Gasteiger partial charge in [-0.05, 0) is 32.0 Å². The highest BCUT2D eigenvalue weighted by molar-refractivity contribution is 7.98. The van der Waals surface area contributed by atoms with Gasteiger partial charge in [-0.2, -0.15) is 0 Å². The van der Waals surface area contributed by atoms with Crippen LogP contribution in [-0.2, 0) is 5.75 Å². The number of hydrazine groups is 1. The smallest absolute Gasteiger partial charge is 0.300 e. The van der Waals surface area contributed by atoms with E-state index in [0.29, 0.717) is 0 Å². The largest absolute Gasteiger partial charge is 0.456 e. The lowest BCUT2D eigenvalue weighted by Gasteiger charge is -2.01. The van der Waals surface area contributed by atoms with Crippen molar-refractivity contribution >= 4 is 17.7 Å². The molecule has 0 saturated carbocycles. The van der Waals surface area contributed by atoms with Gasteiger partial charge in [0.25, 0.3) is 0 Å². The van der Waals surface area contributed by atoms with Crippen LogP contribution in [0.2, 0.25) is 0 Å². The maximum absolute atomic E-state index is 11.4. The van der Waals surface area contributed by atoms with Crippen molar-refractivity contribution in [2.75, 3.05) is 0 Å². The van der Waals surface area contributed by atoms with Gasteiger partial charge in [-0.15, -0.1) is 11.8 Å². The summed E-state index contributed by atoms with van der Waals surface area (Å²) in [6.45, 7) is 3.91. The van der Waals surface area contributed by atoms with Gasteiger partial charge in [0, 0.05) is 16.2 Å². The fourth-order valence-electron chi connectivity index (χ4n) is 1.71. The first-order valence-electron chi connectivity index (χ1n) is 5.90. The van der Waals surface area contributed by atoms with Crippen LogP contribution in [0.3, 0.4) is 0 Å². The average Bonchev–Trinajstić information content (AvgIpc) is 2.77. The van der Waals surface area contributed by atoms with Gasteiger partial charge in [-0.3, -0.25) is 10.2 Å². The number of thioether (sulfide) groups is 1. The van der Waals surface area contributed by atoms with Crippen LogP contribution in [0, 0.1) is 13.8 Å². The quantitative estimate of drug-likeness (QED) is 0.390. The van der Waals surface area contributed by atoms with E-state index in [-0.39, 0.29) is 5.76 Å². The Labute approximate surface area is 116 Å². The Morgan fingerprint density at radius 1 is 1.37 bits per heavy atom. The standard InChI is InChI=1S/C14H16N2O2S/c1-9-4-3-5-12(6-9)19-8-11-7-13(14(17)16-15)18-10(11)2/h3-7H,8,15H2,1-2H3,(H,16,17). The summed E-state index contributed by atoms with van der Waals surface area (Å²) < 4.78 is 5.37. The lowest BCUT2D eigenvalue weighted by Crippen LogP contribution is -2.29. The van der Waals surface area contributed by atoms with Crippen molar-refractivity contribution in [3.05, 3.63) is 53.0 Å². The van der Waals surface area contributed by atoms with Crippen LogP contribution in [-0.4, -0.2) is 5.91 Å². The second-order valence-corrected chi connectivity index (χ2v) is 5.32. The van der Waals surface area contributed by atoms with Gasteiger partial charge in [-0.1, -0.05) is 17.7 Å². The predicted molar refractivity (Wildman–Crippen MR) is 75.8 cm³/mol. The molecule has 2 aromatic rings. The molecule has 0 aliphatic carbocycles. The van der Waals surface area contributed by atoms with E-state index in [1.807, 2.05) is 13.0 Å². The first-order valence-corrected chi connectivity index (χ1v) is 6.88. The van der Waals surface area contributed by atoms with E-state index in [0.717, 1.165) is 17.1 Å². The van der Waals surface area contributed by atoms with Gasteiger partial charge >= 0.3 is 5.91 Å². The van der Waals surface area contributed by atoms with E-state index in [2.05, 4.69) is 30.5 Å². The van der Waals surface area contributed by atoms with Crippen molar-refractivity contribution in [3.63, 3.8) is 0 Å². The van der Waals surface area contributed by atoms with Crippen LogP contribution in [0.1, 0.15) is 27.4 Å². The van der Waals surface area contributed by atoms with Crippen molar-refractivity contribution in [3.8, 4) is 0 Å². The molecule has 0 unspecified atom stereocenters. The maximum atomic E-state index is 11.4. The first-order chi connectivity index (χ1) is 9.10. The first kappa shape index (κ1) is 13.7. The van der Waals surface area contributed by atoms with Crippen LogP contribution >= 0.6 is 11.8 Å². The SMILES string of the molecule is Cc1cccc(SCc2cc(C(=O)NN)oc2C)c1. The molecule has 1 aromatic heterocycles. The van der Waals surface area contributed by atoms with Crippen LogP contribution in [0.5, 0.6) is 0 Å². The molecule has 0 spiro atoms. The van der Waals surface area contributed by atoms with Gasteiger partial charge in [0.15, 0.2) is 5.76 Å². The van der Waals surface area contributed by atoms with Crippen LogP contribution in [0.4, 0.5) is 0 Å². The molecular weight excluding hydrogens is 260 g/mol. The highest BCUT2D eigenvalue weighted by Crippen LogP contribution is 2.26. The van der Waals surface area contributed by atoms with E-state index < -0.39 is 5.91 Å². The van der Waals surface area contributed by atoms with Crippen LogP contribution in [0.25, 0.3) is 0 Å². The van der Waals surface area contributed by atoms with Gasteiger partial charge in [0.05, 0.1) is 0 Å². The molecule has 0 fully saturated rings. The number of rotatable bonds is 4. The Balaban J connectivity index is 2.07. The summed E-state index contributed by atoms with van der Waals surface area (Å²) in [7, 11) is 0. The molecule has 5 heteroatoms. The van der Waals surface area contributed by atoms with Gasteiger partial charge in [0.2, 0.25) is 0 Å². The number of carbonyl (C=O) groups excluding carboxylic acids is 1. The average molecular weight is 276 g/mol. The lowest BCUT2D eigenvalue weighted by molar-refractivity contribution is 0.0924. The number of benzene rings is 1. The summed E-state index contributed by atoms with van der Waals surface area (Å²) in [5, 5.41) is 0. The number of aryl methyl sites for hydroxylation is 2. The molecule has 0 aliphatic rings. The van der Waals surface area contributed by atoms with E-state index in [1.54, 1.807) is 17.8 Å². The highest BCUT2D eigenvalue weighted by Gasteiger charge is 2.13. The molecule has 0 saturated heterocycles.